The molecule has 5 rings (SSSR count). The lowest BCUT2D eigenvalue weighted by Crippen LogP contribution is -2.04. The van der Waals surface area contributed by atoms with Gasteiger partial charge >= 0.3 is 0 Å². The first kappa shape index (κ1) is 17.6. The predicted octanol–water partition coefficient (Wildman–Crippen LogP) is 4.11. The second kappa shape index (κ2) is 6.85. The van der Waals surface area contributed by atoms with Gasteiger partial charge in [-0.15, -0.1) is 0 Å². The highest BCUT2D eigenvalue weighted by atomic mass is 16.6. The minimum Gasteiger partial charge on any atom is -0.287 e. The van der Waals surface area contributed by atoms with E-state index in [2.05, 4.69) is 15.1 Å². The van der Waals surface area contributed by atoms with E-state index in [0.717, 1.165) is 0 Å². The summed E-state index contributed by atoms with van der Waals surface area (Å²) in [6.07, 6.45) is 0. The highest BCUT2D eigenvalue weighted by molar-refractivity contribution is 6.14. The number of hydrogen-bond acceptors (Lipinski definition) is 6. The number of benzene rings is 3. The quantitative estimate of drug-likeness (QED) is 0.258. The van der Waals surface area contributed by atoms with E-state index in [1.54, 1.807) is 36.4 Å². The third-order valence-electron chi connectivity index (χ3n) is 4.73. The van der Waals surface area contributed by atoms with Crippen LogP contribution >= 0.6 is 0 Å². The smallest absolute Gasteiger partial charge is 0.269 e. The summed E-state index contributed by atoms with van der Waals surface area (Å²) in [4.78, 5) is 33.0. The van der Waals surface area contributed by atoms with Gasteiger partial charge in [0.2, 0.25) is 5.78 Å². The molecule has 3 aromatic carbocycles. The Morgan fingerprint density at radius 3 is 2.13 bits per heavy atom. The Morgan fingerprint density at radius 2 is 1.47 bits per heavy atom. The second-order valence-corrected chi connectivity index (χ2v) is 6.61. The Balaban J connectivity index is 1.77. The van der Waals surface area contributed by atoms with E-state index in [0.29, 0.717) is 33.4 Å². The van der Waals surface area contributed by atoms with Crippen LogP contribution in [0.4, 0.5) is 5.69 Å². The molecule has 8 heteroatoms. The Kier molecular flexibility index (Phi) is 4.03. The Bertz CT molecular complexity index is 1430. The molecule has 0 unspecified atom stereocenters. The van der Waals surface area contributed by atoms with Gasteiger partial charge in [-0.1, -0.05) is 42.5 Å². The number of nitrogens with zero attached hydrogens (tertiary/aromatic N) is 5. The van der Waals surface area contributed by atoms with E-state index >= 15 is 0 Å². The molecule has 0 aliphatic carbocycles. The molecular formula is C22H13N5O3. The highest BCUT2D eigenvalue weighted by Gasteiger charge is 2.22. The fraction of sp³-hybridized carbons (Fsp3) is 0. The van der Waals surface area contributed by atoms with Gasteiger partial charge in [-0.2, -0.15) is 5.10 Å². The molecule has 144 valence electrons. The van der Waals surface area contributed by atoms with Gasteiger partial charge in [0.05, 0.1) is 21.6 Å². The molecule has 0 radical (unpaired) electrons. The Labute approximate surface area is 169 Å². The van der Waals surface area contributed by atoms with Crippen molar-refractivity contribution in [3.05, 3.63) is 100 Å². The van der Waals surface area contributed by atoms with Crippen molar-refractivity contribution in [1.82, 2.24) is 19.7 Å². The van der Waals surface area contributed by atoms with Gasteiger partial charge < -0.3 is 0 Å². The third kappa shape index (κ3) is 2.87. The highest BCUT2D eigenvalue weighted by Crippen LogP contribution is 2.25. The molecule has 2 heterocycles. The van der Waals surface area contributed by atoms with Crippen LogP contribution in [0.15, 0.2) is 78.9 Å². The van der Waals surface area contributed by atoms with Gasteiger partial charge in [0.1, 0.15) is 5.52 Å². The van der Waals surface area contributed by atoms with Crippen LogP contribution in [0.25, 0.3) is 27.9 Å². The summed E-state index contributed by atoms with van der Waals surface area (Å²) in [5, 5.41) is 15.5. The molecule has 0 spiro atoms. The number of rotatable bonds is 4. The molecule has 0 aliphatic heterocycles. The normalized spacial score (nSPS) is 11.1. The van der Waals surface area contributed by atoms with Crippen LogP contribution in [-0.2, 0) is 0 Å². The minimum absolute atomic E-state index is 0.0349. The molecule has 0 saturated carbocycles. The number of nitro groups is 1. The van der Waals surface area contributed by atoms with Crippen molar-refractivity contribution >= 4 is 33.7 Å². The number of aromatic nitrogens is 4. The summed E-state index contributed by atoms with van der Waals surface area (Å²) >= 11 is 0. The summed E-state index contributed by atoms with van der Waals surface area (Å²) in [5.41, 5.74) is 3.26. The van der Waals surface area contributed by atoms with E-state index < -0.39 is 4.92 Å². The predicted molar refractivity (Wildman–Crippen MR) is 111 cm³/mol. The first-order valence-corrected chi connectivity index (χ1v) is 9.12. The van der Waals surface area contributed by atoms with Crippen LogP contribution in [0.3, 0.4) is 0 Å². The fourth-order valence-electron chi connectivity index (χ4n) is 3.27. The van der Waals surface area contributed by atoms with E-state index in [1.165, 1.54) is 16.8 Å². The van der Waals surface area contributed by atoms with Crippen molar-refractivity contribution in [2.24, 2.45) is 0 Å². The van der Waals surface area contributed by atoms with Crippen LogP contribution in [-0.4, -0.2) is 30.5 Å². The zero-order valence-corrected chi connectivity index (χ0v) is 15.5. The topological polar surface area (TPSA) is 104 Å². The van der Waals surface area contributed by atoms with Crippen molar-refractivity contribution < 1.29 is 9.72 Å². The average molecular weight is 395 g/mol. The summed E-state index contributed by atoms with van der Waals surface area (Å²) in [5.74, 6) is -0.272. The Hall–Kier alpha value is -4.46. The van der Waals surface area contributed by atoms with Crippen LogP contribution in [0.2, 0.25) is 0 Å². The van der Waals surface area contributed by atoms with E-state index in [9.17, 15) is 14.9 Å². The maximum Gasteiger partial charge on any atom is 0.269 e. The molecule has 0 aliphatic rings. The number of ketones is 1. The molecule has 0 saturated heterocycles. The molecule has 0 atom stereocenters. The molecule has 30 heavy (non-hydrogen) atoms. The number of non-ortho nitro benzene ring substituents is 1. The molecule has 0 fully saturated rings. The van der Waals surface area contributed by atoms with Crippen molar-refractivity contribution in [3.63, 3.8) is 0 Å². The minimum atomic E-state index is -0.470. The van der Waals surface area contributed by atoms with Gasteiger partial charge in [0.15, 0.2) is 11.3 Å². The first-order chi connectivity index (χ1) is 14.6. The molecular weight excluding hydrogens is 382 g/mol. The summed E-state index contributed by atoms with van der Waals surface area (Å²) in [6.45, 7) is 0. The molecule has 8 nitrogen and oxygen atoms in total. The largest absolute Gasteiger partial charge is 0.287 e. The number of fused-ring (bicyclic) bond motifs is 2. The number of para-hydroxylation sites is 2. The summed E-state index contributed by atoms with van der Waals surface area (Å²) in [7, 11) is 0. The van der Waals surface area contributed by atoms with Crippen LogP contribution in [0.1, 0.15) is 16.1 Å². The Morgan fingerprint density at radius 1 is 0.833 bits per heavy atom. The van der Waals surface area contributed by atoms with E-state index in [-0.39, 0.29) is 17.2 Å². The van der Waals surface area contributed by atoms with Crippen LogP contribution < -0.4 is 0 Å². The van der Waals surface area contributed by atoms with Crippen molar-refractivity contribution in [3.8, 4) is 5.69 Å². The first-order valence-electron chi connectivity index (χ1n) is 9.12. The second-order valence-electron chi connectivity index (χ2n) is 6.61. The molecule has 2 aromatic heterocycles. The van der Waals surface area contributed by atoms with E-state index in [1.807, 2.05) is 30.3 Å². The standard InChI is InChI=1S/C22H13N5O3/c28-21(14-6-2-1-3-7-14)19-20-22(24-18-9-5-4-8-17(18)23-20)26(25-19)15-10-12-16(13-11-15)27(29)30/h1-13H. The summed E-state index contributed by atoms with van der Waals surface area (Å²) < 4.78 is 1.49. The van der Waals surface area contributed by atoms with Gasteiger partial charge in [0.25, 0.3) is 5.69 Å². The molecule has 5 aromatic rings. The fourth-order valence-corrected chi connectivity index (χ4v) is 3.27. The SMILES string of the molecule is O=C(c1ccccc1)c1nn(-c2ccc([N+](=O)[O-])cc2)c2nc3ccccc3nc12. The van der Waals surface area contributed by atoms with E-state index in [4.69, 9.17) is 0 Å². The number of carbonyl (C=O) groups excluding carboxylic acids is 1. The molecule has 0 amide bonds. The lowest BCUT2D eigenvalue weighted by molar-refractivity contribution is -0.384. The lowest BCUT2D eigenvalue weighted by atomic mass is 10.1. The van der Waals surface area contributed by atoms with Gasteiger partial charge in [0, 0.05) is 17.7 Å². The number of nitro benzene ring substituents is 1. The van der Waals surface area contributed by atoms with Crippen molar-refractivity contribution in [2.45, 2.75) is 0 Å². The average Bonchev–Trinajstić information content (AvgIpc) is 3.16. The summed E-state index contributed by atoms with van der Waals surface area (Å²) in [6, 6.07) is 22.1. The number of carbonyl (C=O) groups is 1. The van der Waals surface area contributed by atoms with Gasteiger partial charge in [-0.3, -0.25) is 14.9 Å². The third-order valence-corrected chi connectivity index (χ3v) is 4.73. The van der Waals surface area contributed by atoms with Crippen LogP contribution in [0.5, 0.6) is 0 Å². The zero-order valence-electron chi connectivity index (χ0n) is 15.5. The van der Waals surface area contributed by atoms with Crippen LogP contribution in [0, 0.1) is 10.1 Å². The molecule has 0 N–H and O–H groups in total. The maximum absolute atomic E-state index is 13.2. The van der Waals surface area contributed by atoms with Gasteiger partial charge in [-0.25, -0.2) is 14.6 Å². The number of hydrogen-bond donors (Lipinski definition) is 0. The lowest BCUT2D eigenvalue weighted by Gasteiger charge is -2.03. The molecule has 0 bridgehead atoms. The monoisotopic (exact) mass is 395 g/mol. The van der Waals surface area contributed by atoms with Gasteiger partial charge in [-0.05, 0) is 24.3 Å². The zero-order chi connectivity index (χ0) is 20.7. The van der Waals surface area contributed by atoms with Crippen molar-refractivity contribution in [2.75, 3.05) is 0 Å². The maximum atomic E-state index is 13.2. The van der Waals surface area contributed by atoms with Crippen molar-refractivity contribution in [1.29, 1.82) is 0 Å².